The third kappa shape index (κ3) is 7.04. The lowest BCUT2D eigenvalue weighted by Gasteiger charge is -2.15. The van der Waals surface area contributed by atoms with Gasteiger partial charge in [-0.25, -0.2) is 0 Å². The summed E-state index contributed by atoms with van der Waals surface area (Å²) in [4.78, 5) is 33.7. The summed E-state index contributed by atoms with van der Waals surface area (Å²) >= 11 is 12.1. The largest absolute Gasteiger partial charge is 0.486 e. The van der Waals surface area contributed by atoms with Crippen LogP contribution in [-0.2, 0) is 22.4 Å². The monoisotopic (exact) mass is 478 g/mol. The van der Waals surface area contributed by atoms with Crippen LogP contribution in [0.1, 0.15) is 28.4 Å². The number of aliphatic carboxylic acids is 1. The molecule has 0 atom stereocenters. The summed E-state index contributed by atoms with van der Waals surface area (Å²) in [5.41, 5.74) is -1.01. The van der Waals surface area contributed by atoms with Gasteiger partial charge in [0.2, 0.25) is 5.91 Å². The molecule has 166 valence electrons. The van der Waals surface area contributed by atoms with Crippen LogP contribution < -0.4 is 15.4 Å². The SMILES string of the molecule is CC(=O)Nc1cc(COc2c(Cl)cc(C(=O)NCC(=O)O)cc2Cl)cc(C(F)(F)F)c1. The Morgan fingerprint density at radius 2 is 1.68 bits per heavy atom. The summed E-state index contributed by atoms with van der Waals surface area (Å²) in [6.07, 6.45) is -4.65. The lowest BCUT2D eigenvalue weighted by Crippen LogP contribution is -2.29. The fourth-order valence-corrected chi connectivity index (χ4v) is 3.05. The zero-order chi connectivity index (χ0) is 23.3. The third-order valence-electron chi connectivity index (χ3n) is 3.68. The van der Waals surface area contributed by atoms with Gasteiger partial charge >= 0.3 is 12.1 Å². The molecule has 0 aromatic heterocycles. The summed E-state index contributed by atoms with van der Waals surface area (Å²) in [6, 6.07) is 5.28. The zero-order valence-electron chi connectivity index (χ0n) is 15.8. The summed E-state index contributed by atoms with van der Waals surface area (Å²) < 4.78 is 44.9. The molecule has 7 nitrogen and oxygen atoms in total. The number of anilines is 1. The lowest BCUT2D eigenvalue weighted by molar-refractivity contribution is -0.138. The van der Waals surface area contributed by atoms with E-state index in [0.717, 1.165) is 19.1 Å². The number of benzene rings is 2. The molecule has 2 aromatic carbocycles. The van der Waals surface area contributed by atoms with Crippen LogP contribution in [0.25, 0.3) is 0 Å². The van der Waals surface area contributed by atoms with Gasteiger partial charge in [-0.15, -0.1) is 0 Å². The fourth-order valence-electron chi connectivity index (χ4n) is 2.46. The van der Waals surface area contributed by atoms with Gasteiger partial charge in [0.1, 0.15) is 13.2 Å². The number of ether oxygens (including phenoxy) is 1. The van der Waals surface area contributed by atoms with E-state index in [0.29, 0.717) is 0 Å². The number of amides is 2. The quantitative estimate of drug-likeness (QED) is 0.548. The van der Waals surface area contributed by atoms with Gasteiger partial charge < -0.3 is 20.5 Å². The van der Waals surface area contributed by atoms with Crippen molar-refractivity contribution in [1.29, 1.82) is 0 Å². The molecule has 0 heterocycles. The number of carboxylic acid groups (broad SMARTS) is 1. The highest BCUT2D eigenvalue weighted by Crippen LogP contribution is 2.36. The average Bonchev–Trinajstić information content (AvgIpc) is 2.63. The van der Waals surface area contributed by atoms with Crippen molar-refractivity contribution in [3.63, 3.8) is 0 Å². The molecule has 0 radical (unpaired) electrons. The lowest BCUT2D eigenvalue weighted by atomic mass is 10.1. The van der Waals surface area contributed by atoms with Crippen LogP contribution >= 0.6 is 23.2 Å². The molecule has 0 aliphatic rings. The van der Waals surface area contributed by atoms with E-state index >= 15 is 0 Å². The van der Waals surface area contributed by atoms with E-state index in [1.54, 1.807) is 0 Å². The molecule has 2 rings (SSSR count). The van der Waals surface area contributed by atoms with E-state index in [1.165, 1.54) is 18.2 Å². The second kappa shape index (κ2) is 9.88. The fraction of sp³-hybridized carbons (Fsp3) is 0.211. The molecule has 2 amide bonds. The molecule has 0 fully saturated rings. The second-order valence-corrected chi connectivity index (χ2v) is 7.05. The highest BCUT2D eigenvalue weighted by molar-refractivity contribution is 6.37. The number of halogens is 5. The molecule has 12 heteroatoms. The van der Waals surface area contributed by atoms with Crippen LogP contribution in [0.15, 0.2) is 30.3 Å². The molecular formula is C19H15Cl2F3N2O5. The molecule has 3 N–H and O–H groups in total. The second-order valence-electron chi connectivity index (χ2n) is 6.23. The average molecular weight is 479 g/mol. The molecule has 0 aliphatic heterocycles. The van der Waals surface area contributed by atoms with Crippen molar-refractivity contribution in [3.05, 3.63) is 57.1 Å². The Hall–Kier alpha value is -2.98. The first kappa shape index (κ1) is 24.3. The van der Waals surface area contributed by atoms with Crippen molar-refractivity contribution < 1.29 is 37.4 Å². The van der Waals surface area contributed by atoms with Gasteiger partial charge in [0, 0.05) is 18.2 Å². The molecule has 0 spiro atoms. The maximum Gasteiger partial charge on any atom is 0.416 e. The summed E-state index contributed by atoms with van der Waals surface area (Å²) in [5.74, 6) is -2.62. The van der Waals surface area contributed by atoms with E-state index in [2.05, 4.69) is 10.6 Å². The van der Waals surface area contributed by atoms with Crippen LogP contribution in [0, 0.1) is 0 Å². The predicted octanol–water partition coefficient (Wildman–Crippen LogP) is 4.36. The first-order chi connectivity index (χ1) is 14.4. The Kier molecular flexibility index (Phi) is 7.75. The number of hydrogen-bond donors (Lipinski definition) is 3. The molecule has 0 bridgehead atoms. The van der Waals surface area contributed by atoms with Crippen LogP contribution in [0.2, 0.25) is 10.0 Å². The number of carboxylic acids is 1. The Balaban J connectivity index is 2.25. The van der Waals surface area contributed by atoms with Crippen molar-refractivity contribution in [1.82, 2.24) is 5.32 Å². The van der Waals surface area contributed by atoms with Gasteiger partial charge in [-0.1, -0.05) is 23.2 Å². The topological polar surface area (TPSA) is 105 Å². The van der Waals surface area contributed by atoms with Crippen LogP contribution in [0.5, 0.6) is 5.75 Å². The zero-order valence-corrected chi connectivity index (χ0v) is 17.3. The van der Waals surface area contributed by atoms with Crippen LogP contribution in [0.4, 0.5) is 18.9 Å². The van der Waals surface area contributed by atoms with E-state index < -0.39 is 36.1 Å². The number of hydrogen-bond acceptors (Lipinski definition) is 4. The van der Waals surface area contributed by atoms with E-state index in [9.17, 15) is 27.6 Å². The molecule has 31 heavy (non-hydrogen) atoms. The summed E-state index contributed by atoms with van der Waals surface area (Å²) in [7, 11) is 0. The van der Waals surface area contributed by atoms with Crippen LogP contribution in [-0.4, -0.2) is 29.4 Å². The molecule has 2 aromatic rings. The van der Waals surface area contributed by atoms with E-state index in [1.807, 2.05) is 0 Å². The highest BCUT2D eigenvalue weighted by atomic mass is 35.5. The van der Waals surface area contributed by atoms with Crippen LogP contribution in [0.3, 0.4) is 0 Å². The van der Waals surface area contributed by atoms with E-state index in [-0.39, 0.29) is 39.2 Å². The van der Waals surface area contributed by atoms with Gasteiger partial charge in [0.25, 0.3) is 5.91 Å². The van der Waals surface area contributed by atoms with Crippen molar-refractivity contribution in [2.75, 3.05) is 11.9 Å². The maximum atomic E-state index is 13.1. The number of nitrogens with one attached hydrogen (secondary N) is 2. The molecule has 0 aliphatic carbocycles. The molecule has 0 saturated heterocycles. The number of alkyl halides is 3. The van der Waals surface area contributed by atoms with Gasteiger partial charge in [0.15, 0.2) is 5.75 Å². The Morgan fingerprint density at radius 1 is 1.06 bits per heavy atom. The predicted molar refractivity (Wildman–Crippen MR) is 107 cm³/mol. The van der Waals surface area contributed by atoms with Crippen molar-refractivity contribution in [2.45, 2.75) is 19.7 Å². The normalized spacial score (nSPS) is 11.0. The molecule has 0 saturated carbocycles. The first-order valence-electron chi connectivity index (χ1n) is 8.47. The van der Waals surface area contributed by atoms with Crippen molar-refractivity contribution in [3.8, 4) is 5.75 Å². The Labute approximate surface area is 184 Å². The summed E-state index contributed by atoms with van der Waals surface area (Å²) in [6.45, 7) is 0.170. The van der Waals surface area contributed by atoms with Gasteiger partial charge in [-0.05, 0) is 35.9 Å². The van der Waals surface area contributed by atoms with E-state index in [4.69, 9.17) is 33.0 Å². The standard InChI is InChI=1S/C19H15Cl2F3N2O5/c1-9(27)26-13-3-10(2-12(6-13)19(22,23)24)8-31-17-14(20)4-11(5-15(17)21)18(30)25-7-16(28)29/h2-6H,7-8H2,1H3,(H,25,30)(H,26,27)(H,28,29). The maximum absolute atomic E-state index is 13.1. The molecule has 0 unspecified atom stereocenters. The number of carbonyl (C=O) groups excluding carboxylic acids is 2. The Bertz CT molecular complexity index is 1010. The van der Waals surface area contributed by atoms with Gasteiger partial charge in [-0.3, -0.25) is 14.4 Å². The third-order valence-corrected chi connectivity index (χ3v) is 4.25. The molecular weight excluding hydrogens is 464 g/mol. The Morgan fingerprint density at radius 3 is 2.19 bits per heavy atom. The number of rotatable bonds is 7. The minimum Gasteiger partial charge on any atom is -0.486 e. The minimum absolute atomic E-state index is 0.0318. The van der Waals surface area contributed by atoms with Gasteiger partial charge in [0.05, 0.1) is 15.6 Å². The van der Waals surface area contributed by atoms with Crippen molar-refractivity contribution in [2.24, 2.45) is 0 Å². The minimum atomic E-state index is -4.65. The van der Waals surface area contributed by atoms with Gasteiger partial charge in [-0.2, -0.15) is 13.2 Å². The smallest absolute Gasteiger partial charge is 0.416 e. The summed E-state index contributed by atoms with van der Waals surface area (Å²) in [5, 5.41) is 12.8. The highest BCUT2D eigenvalue weighted by Gasteiger charge is 2.31. The number of carbonyl (C=O) groups is 3. The van der Waals surface area contributed by atoms with Crippen molar-refractivity contribution >= 4 is 46.7 Å². The first-order valence-corrected chi connectivity index (χ1v) is 9.23.